The first-order valence-electron chi connectivity index (χ1n) is 9.68. The Labute approximate surface area is 170 Å². The predicted octanol–water partition coefficient (Wildman–Crippen LogP) is 3.80. The van der Waals surface area contributed by atoms with E-state index in [1.54, 1.807) is 30.2 Å². The molecule has 0 spiro atoms. The molecule has 1 amide bonds. The summed E-state index contributed by atoms with van der Waals surface area (Å²) in [5.41, 5.74) is 2.82. The monoisotopic (exact) mass is 396 g/mol. The summed E-state index contributed by atoms with van der Waals surface area (Å²) in [6.45, 7) is 1.90. The van der Waals surface area contributed by atoms with E-state index in [4.69, 9.17) is 5.11 Å². The van der Waals surface area contributed by atoms with E-state index in [2.05, 4.69) is 11.0 Å². The van der Waals surface area contributed by atoms with Gasteiger partial charge in [-0.3, -0.25) is 9.59 Å². The minimum Gasteiger partial charge on any atom is -0.481 e. The van der Waals surface area contributed by atoms with E-state index in [0.29, 0.717) is 19.4 Å². The average molecular weight is 396 g/mol. The Morgan fingerprint density at radius 3 is 2.52 bits per heavy atom. The molecule has 0 bridgehead atoms. The number of hydrogen-bond donors (Lipinski definition) is 1. The molecule has 1 heterocycles. The van der Waals surface area contributed by atoms with Gasteiger partial charge in [0.1, 0.15) is 5.82 Å². The van der Waals surface area contributed by atoms with Crippen LogP contribution in [0.4, 0.5) is 10.1 Å². The molecular formula is C23H25FN2O3. The Balaban J connectivity index is 1.58. The molecule has 0 saturated carbocycles. The van der Waals surface area contributed by atoms with Crippen LogP contribution in [0.15, 0.2) is 54.6 Å². The van der Waals surface area contributed by atoms with Crippen molar-refractivity contribution in [2.45, 2.75) is 19.4 Å². The summed E-state index contributed by atoms with van der Waals surface area (Å²) in [7, 11) is 1.74. The van der Waals surface area contributed by atoms with Gasteiger partial charge in [-0.15, -0.1) is 0 Å². The quantitative estimate of drug-likeness (QED) is 0.755. The summed E-state index contributed by atoms with van der Waals surface area (Å²) in [6, 6.07) is 14.0. The lowest BCUT2D eigenvalue weighted by Gasteiger charge is -2.32. The lowest BCUT2D eigenvalue weighted by atomic mass is 9.96. The van der Waals surface area contributed by atoms with Gasteiger partial charge in [0, 0.05) is 38.4 Å². The number of rotatable bonds is 6. The molecule has 1 fully saturated rings. The molecule has 2 aromatic rings. The van der Waals surface area contributed by atoms with Crippen LogP contribution in [0.25, 0.3) is 6.08 Å². The van der Waals surface area contributed by atoms with Crippen molar-refractivity contribution in [1.82, 2.24) is 4.90 Å². The minimum atomic E-state index is -0.716. The number of carboxylic acid groups (broad SMARTS) is 1. The second kappa shape index (κ2) is 9.37. The van der Waals surface area contributed by atoms with E-state index in [9.17, 15) is 14.0 Å². The Bertz CT molecular complexity index is 887. The summed E-state index contributed by atoms with van der Waals surface area (Å²) >= 11 is 0. The highest BCUT2D eigenvalue weighted by Gasteiger charge is 2.24. The number of hydrogen-bond acceptors (Lipinski definition) is 3. The highest BCUT2D eigenvalue weighted by atomic mass is 19.1. The standard InChI is InChI=1S/C23H25FN2O3/c1-25(22(27)10-7-17-5-8-20(24)9-6-17)16-18-3-2-4-21(15-18)26-13-11-19(12-14-26)23(28)29/h2-10,15,19H,11-14,16H2,1H3,(H,28,29)/b10-7+. The van der Waals surface area contributed by atoms with Crippen molar-refractivity contribution in [2.75, 3.05) is 25.0 Å². The van der Waals surface area contributed by atoms with Gasteiger partial charge in [-0.1, -0.05) is 24.3 Å². The largest absolute Gasteiger partial charge is 0.481 e. The number of carbonyl (C=O) groups is 2. The molecule has 0 atom stereocenters. The third kappa shape index (κ3) is 5.67. The topological polar surface area (TPSA) is 60.9 Å². The molecule has 0 aliphatic carbocycles. The third-order valence-electron chi connectivity index (χ3n) is 5.20. The summed E-state index contributed by atoms with van der Waals surface area (Å²) in [6.07, 6.45) is 4.44. The van der Waals surface area contributed by atoms with Crippen LogP contribution >= 0.6 is 0 Å². The molecule has 0 unspecified atom stereocenters. The van der Waals surface area contributed by atoms with Crippen LogP contribution in [0.1, 0.15) is 24.0 Å². The Hall–Kier alpha value is -3.15. The second-order valence-electron chi connectivity index (χ2n) is 7.35. The first kappa shape index (κ1) is 20.6. The zero-order chi connectivity index (χ0) is 20.8. The highest BCUT2D eigenvalue weighted by molar-refractivity contribution is 5.91. The van der Waals surface area contributed by atoms with Crippen molar-refractivity contribution in [2.24, 2.45) is 5.92 Å². The molecule has 1 N–H and O–H groups in total. The van der Waals surface area contributed by atoms with Gasteiger partial charge < -0.3 is 14.9 Å². The second-order valence-corrected chi connectivity index (χ2v) is 7.35. The molecular weight excluding hydrogens is 371 g/mol. The zero-order valence-corrected chi connectivity index (χ0v) is 16.4. The van der Waals surface area contributed by atoms with Gasteiger partial charge in [-0.05, 0) is 54.3 Å². The number of aliphatic carboxylic acids is 1. The van der Waals surface area contributed by atoms with Gasteiger partial charge in [0.25, 0.3) is 0 Å². The molecule has 5 nitrogen and oxygen atoms in total. The van der Waals surface area contributed by atoms with Crippen LogP contribution in [0, 0.1) is 11.7 Å². The summed E-state index contributed by atoms with van der Waals surface area (Å²) < 4.78 is 12.9. The van der Waals surface area contributed by atoms with Crippen LogP contribution in [0.2, 0.25) is 0 Å². The number of benzene rings is 2. The van der Waals surface area contributed by atoms with E-state index in [-0.39, 0.29) is 17.6 Å². The number of carboxylic acids is 1. The molecule has 0 aromatic heterocycles. The minimum absolute atomic E-state index is 0.137. The number of halogens is 1. The highest BCUT2D eigenvalue weighted by Crippen LogP contribution is 2.24. The number of anilines is 1. The number of amides is 1. The van der Waals surface area contributed by atoms with Crippen LogP contribution < -0.4 is 4.90 Å². The summed E-state index contributed by atoms with van der Waals surface area (Å²) in [5.74, 6) is -1.42. The molecule has 1 saturated heterocycles. The molecule has 0 radical (unpaired) electrons. The maximum absolute atomic E-state index is 12.9. The van der Waals surface area contributed by atoms with Gasteiger partial charge in [0.15, 0.2) is 0 Å². The molecule has 2 aromatic carbocycles. The number of piperidine rings is 1. The fourth-order valence-electron chi connectivity index (χ4n) is 3.46. The van der Waals surface area contributed by atoms with Crippen LogP contribution in [-0.2, 0) is 16.1 Å². The van der Waals surface area contributed by atoms with Crippen molar-refractivity contribution < 1.29 is 19.1 Å². The van der Waals surface area contributed by atoms with Gasteiger partial charge in [0.2, 0.25) is 5.91 Å². The van der Waals surface area contributed by atoms with Gasteiger partial charge >= 0.3 is 5.97 Å². The van der Waals surface area contributed by atoms with Crippen LogP contribution in [0.5, 0.6) is 0 Å². The first-order valence-corrected chi connectivity index (χ1v) is 9.68. The normalized spacial score (nSPS) is 14.9. The van der Waals surface area contributed by atoms with Crippen molar-refractivity contribution in [3.05, 3.63) is 71.6 Å². The molecule has 29 heavy (non-hydrogen) atoms. The maximum atomic E-state index is 12.9. The van der Waals surface area contributed by atoms with E-state index in [0.717, 1.165) is 29.9 Å². The summed E-state index contributed by atoms with van der Waals surface area (Å²) in [5, 5.41) is 9.14. The van der Waals surface area contributed by atoms with Gasteiger partial charge in [-0.25, -0.2) is 4.39 Å². The summed E-state index contributed by atoms with van der Waals surface area (Å²) in [4.78, 5) is 27.3. The number of carbonyl (C=O) groups excluding carboxylic acids is 1. The fraction of sp³-hybridized carbons (Fsp3) is 0.304. The molecule has 152 valence electrons. The zero-order valence-electron chi connectivity index (χ0n) is 16.4. The molecule has 3 rings (SSSR count). The first-order chi connectivity index (χ1) is 13.9. The van der Waals surface area contributed by atoms with Gasteiger partial charge in [0.05, 0.1) is 5.92 Å². The Morgan fingerprint density at radius 1 is 1.17 bits per heavy atom. The van der Waals surface area contributed by atoms with Crippen molar-refractivity contribution >= 4 is 23.6 Å². The third-order valence-corrected chi connectivity index (χ3v) is 5.20. The lowest BCUT2D eigenvalue weighted by Crippen LogP contribution is -2.36. The predicted molar refractivity (Wildman–Crippen MR) is 111 cm³/mol. The number of likely N-dealkylation sites (N-methyl/N-ethyl adjacent to an activating group) is 1. The fourth-order valence-corrected chi connectivity index (χ4v) is 3.46. The van der Waals surface area contributed by atoms with Crippen molar-refractivity contribution in [3.8, 4) is 0 Å². The Morgan fingerprint density at radius 2 is 1.86 bits per heavy atom. The molecule has 6 heteroatoms. The Kier molecular flexibility index (Phi) is 6.65. The van der Waals surface area contributed by atoms with Gasteiger partial charge in [-0.2, -0.15) is 0 Å². The van der Waals surface area contributed by atoms with E-state index in [1.165, 1.54) is 18.2 Å². The molecule has 1 aliphatic rings. The van der Waals surface area contributed by atoms with E-state index >= 15 is 0 Å². The van der Waals surface area contributed by atoms with Crippen LogP contribution in [0.3, 0.4) is 0 Å². The van der Waals surface area contributed by atoms with Crippen molar-refractivity contribution in [1.29, 1.82) is 0 Å². The molecule has 1 aliphatic heterocycles. The average Bonchev–Trinajstić information content (AvgIpc) is 2.73. The SMILES string of the molecule is CN(Cc1cccc(N2CCC(C(=O)O)CC2)c1)C(=O)/C=C/c1ccc(F)cc1. The van der Waals surface area contributed by atoms with Crippen LogP contribution in [-0.4, -0.2) is 42.0 Å². The smallest absolute Gasteiger partial charge is 0.306 e. The maximum Gasteiger partial charge on any atom is 0.306 e. The van der Waals surface area contributed by atoms with Crippen molar-refractivity contribution in [3.63, 3.8) is 0 Å². The van der Waals surface area contributed by atoms with E-state index < -0.39 is 5.97 Å². The lowest BCUT2D eigenvalue weighted by molar-refractivity contribution is -0.142. The number of nitrogens with zero attached hydrogens (tertiary/aromatic N) is 2. The van der Waals surface area contributed by atoms with E-state index in [1.807, 2.05) is 18.2 Å².